The smallest absolute Gasteiger partial charge is 0.229 e. The van der Waals surface area contributed by atoms with E-state index in [1.165, 1.54) is 6.39 Å². The molecule has 178 valence electrons. The van der Waals surface area contributed by atoms with Crippen molar-refractivity contribution in [1.82, 2.24) is 19.9 Å². The third kappa shape index (κ3) is 4.48. The van der Waals surface area contributed by atoms with Crippen LogP contribution in [0.15, 0.2) is 41.3 Å². The van der Waals surface area contributed by atoms with Crippen molar-refractivity contribution in [2.75, 3.05) is 23.8 Å². The minimum atomic E-state index is -0.433. The Bertz CT molecular complexity index is 1170. The average molecular weight is 574 g/mol. The Morgan fingerprint density at radius 1 is 1.32 bits per heavy atom. The van der Waals surface area contributed by atoms with E-state index < -0.39 is 5.54 Å². The normalized spacial score (nSPS) is 21.9. The van der Waals surface area contributed by atoms with Gasteiger partial charge in [-0.1, -0.05) is 22.6 Å². The number of aliphatic hydroxyl groups is 1. The lowest BCUT2D eigenvalue weighted by molar-refractivity contribution is -0.129. The number of benzene rings is 1. The SMILES string of the molecule is CC(=O)N1CCc2nc(Nc3ccc(-c4cnco4)cc3)nc(NC3(CO)CCCC3I)c2C1. The minimum Gasteiger partial charge on any atom is -0.444 e. The Balaban J connectivity index is 1.46. The zero-order valence-corrected chi connectivity index (χ0v) is 21.1. The van der Waals surface area contributed by atoms with Gasteiger partial charge in [-0.05, 0) is 43.5 Å². The van der Waals surface area contributed by atoms with E-state index in [1.54, 1.807) is 13.1 Å². The van der Waals surface area contributed by atoms with Gasteiger partial charge in [0.15, 0.2) is 12.2 Å². The highest BCUT2D eigenvalue weighted by Crippen LogP contribution is 2.39. The number of amides is 1. The van der Waals surface area contributed by atoms with E-state index in [9.17, 15) is 9.90 Å². The Kier molecular flexibility index (Phi) is 6.43. The Labute approximate surface area is 211 Å². The number of nitrogens with zero attached hydrogens (tertiary/aromatic N) is 4. The number of rotatable bonds is 6. The number of aliphatic hydroxyl groups excluding tert-OH is 1. The zero-order chi connectivity index (χ0) is 23.7. The van der Waals surface area contributed by atoms with Gasteiger partial charge in [0.05, 0.1) is 30.6 Å². The Morgan fingerprint density at radius 2 is 2.15 bits per heavy atom. The molecule has 1 aliphatic heterocycles. The number of nitrogens with one attached hydrogen (secondary N) is 2. The third-order valence-corrected chi connectivity index (χ3v) is 8.51. The molecular formula is C24H27IN6O3. The van der Waals surface area contributed by atoms with E-state index in [0.717, 1.165) is 41.8 Å². The van der Waals surface area contributed by atoms with E-state index in [-0.39, 0.29) is 16.4 Å². The number of carbonyl (C=O) groups is 1. The van der Waals surface area contributed by atoms with Gasteiger partial charge in [-0.2, -0.15) is 4.98 Å². The van der Waals surface area contributed by atoms with Crippen LogP contribution in [0.2, 0.25) is 0 Å². The maximum Gasteiger partial charge on any atom is 0.229 e. The maximum absolute atomic E-state index is 12.1. The molecule has 3 heterocycles. The topological polar surface area (TPSA) is 116 Å². The molecule has 2 aromatic heterocycles. The highest BCUT2D eigenvalue weighted by atomic mass is 127. The summed E-state index contributed by atoms with van der Waals surface area (Å²) in [4.78, 5) is 27.4. The fourth-order valence-corrected chi connectivity index (χ4v) is 5.78. The molecule has 2 atom stereocenters. The van der Waals surface area contributed by atoms with Crippen molar-refractivity contribution in [3.8, 4) is 11.3 Å². The van der Waals surface area contributed by atoms with Gasteiger partial charge < -0.3 is 25.1 Å². The van der Waals surface area contributed by atoms with Crippen LogP contribution in [0.4, 0.5) is 17.5 Å². The molecule has 9 nitrogen and oxygen atoms in total. The summed E-state index contributed by atoms with van der Waals surface area (Å²) in [5, 5.41) is 17.2. The highest BCUT2D eigenvalue weighted by molar-refractivity contribution is 14.1. The summed E-state index contributed by atoms with van der Waals surface area (Å²) in [5.74, 6) is 1.92. The number of halogens is 1. The third-order valence-electron chi connectivity index (χ3n) is 6.69. The number of oxazole rings is 1. The van der Waals surface area contributed by atoms with Crippen molar-refractivity contribution in [2.24, 2.45) is 0 Å². The first-order chi connectivity index (χ1) is 16.5. The average Bonchev–Trinajstić information content (AvgIpc) is 3.50. The van der Waals surface area contributed by atoms with E-state index in [2.05, 4.69) is 38.2 Å². The first-order valence-electron chi connectivity index (χ1n) is 11.4. The van der Waals surface area contributed by atoms with Crippen molar-refractivity contribution in [2.45, 2.75) is 48.6 Å². The van der Waals surface area contributed by atoms with Crippen molar-refractivity contribution < 1.29 is 14.3 Å². The Morgan fingerprint density at radius 3 is 2.79 bits per heavy atom. The number of hydrogen-bond donors (Lipinski definition) is 3. The van der Waals surface area contributed by atoms with E-state index in [1.807, 2.05) is 29.2 Å². The van der Waals surface area contributed by atoms with Gasteiger partial charge in [-0.3, -0.25) is 4.79 Å². The lowest BCUT2D eigenvalue weighted by Crippen LogP contribution is -2.47. The van der Waals surface area contributed by atoms with Crippen LogP contribution in [0.1, 0.15) is 37.4 Å². The van der Waals surface area contributed by atoms with Crippen LogP contribution in [0.5, 0.6) is 0 Å². The van der Waals surface area contributed by atoms with Crippen molar-refractivity contribution in [3.63, 3.8) is 0 Å². The second kappa shape index (κ2) is 9.49. The summed E-state index contributed by atoms with van der Waals surface area (Å²) in [7, 11) is 0. The van der Waals surface area contributed by atoms with Gasteiger partial charge in [0.2, 0.25) is 11.9 Å². The molecule has 34 heavy (non-hydrogen) atoms. The molecule has 1 saturated carbocycles. The zero-order valence-electron chi connectivity index (χ0n) is 18.9. The summed E-state index contributed by atoms with van der Waals surface area (Å²) < 4.78 is 5.65. The van der Waals surface area contributed by atoms with Crippen molar-refractivity contribution in [3.05, 3.63) is 48.1 Å². The molecule has 3 aromatic rings. The number of fused-ring (bicyclic) bond motifs is 1. The van der Waals surface area contributed by atoms with E-state index >= 15 is 0 Å². The van der Waals surface area contributed by atoms with Crippen LogP contribution < -0.4 is 10.6 Å². The first kappa shape index (κ1) is 23.0. The second-order valence-electron chi connectivity index (χ2n) is 8.88. The minimum absolute atomic E-state index is 0.0294. The predicted octanol–water partition coefficient (Wildman–Crippen LogP) is 3.91. The molecule has 1 fully saturated rings. The molecule has 0 radical (unpaired) electrons. The van der Waals surface area contributed by atoms with Gasteiger partial charge in [0.25, 0.3) is 0 Å². The van der Waals surface area contributed by atoms with Crippen LogP contribution in [-0.4, -0.2) is 53.5 Å². The van der Waals surface area contributed by atoms with Gasteiger partial charge in [0, 0.05) is 40.6 Å². The molecule has 0 saturated heterocycles. The number of carbonyl (C=O) groups excluding carboxylic acids is 1. The molecular weight excluding hydrogens is 547 g/mol. The molecule has 1 aliphatic carbocycles. The lowest BCUT2D eigenvalue weighted by atomic mass is 9.97. The molecule has 5 rings (SSSR count). The first-order valence-corrected chi connectivity index (χ1v) is 12.7. The molecule has 3 N–H and O–H groups in total. The predicted molar refractivity (Wildman–Crippen MR) is 137 cm³/mol. The van der Waals surface area contributed by atoms with Crippen LogP contribution in [0, 0.1) is 0 Å². The fraction of sp³-hybridized carbons (Fsp3) is 0.417. The largest absolute Gasteiger partial charge is 0.444 e. The molecule has 0 spiro atoms. The van der Waals surface area contributed by atoms with Gasteiger partial charge in [-0.15, -0.1) is 0 Å². The van der Waals surface area contributed by atoms with Gasteiger partial charge >= 0.3 is 0 Å². The number of hydrogen-bond acceptors (Lipinski definition) is 8. The number of alkyl halides is 1. The van der Waals surface area contributed by atoms with Crippen molar-refractivity contribution >= 4 is 46.0 Å². The van der Waals surface area contributed by atoms with Crippen LogP contribution in [0.25, 0.3) is 11.3 Å². The molecule has 2 aliphatic rings. The summed E-state index contributed by atoms with van der Waals surface area (Å²) in [6.07, 6.45) is 6.72. The number of anilines is 3. The Hall–Kier alpha value is -2.73. The number of aromatic nitrogens is 3. The van der Waals surface area contributed by atoms with Crippen LogP contribution in [-0.2, 0) is 17.8 Å². The monoisotopic (exact) mass is 574 g/mol. The van der Waals surface area contributed by atoms with E-state index in [4.69, 9.17) is 14.4 Å². The van der Waals surface area contributed by atoms with Crippen LogP contribution >= 0.6 is 22.6 Å². The molecule has 1 aromatic carbocycles. The molecule has 2 unspecified atom stereocenters. The fourth-order valence-electron chi connectivity index (χ4n) is 4.67. The summed E-state index contributed by atoms with van der Waals surface area (Å²) in [5.41, 5.74) is 3.19. The summed E-state index contributed by atoms with van der Waals surface area (Å²) in [6.45, 7) is 2.71. The van der Waals surface area contributed by atoms with E-state index in [0.29, 0.717) is 37.0 Å². The lowest BCUT2D eigenvalue weighted by Gasteiger charge is -2.35. The standard InChI is InChI=1S/C24H27IN6O3/c1-15(33)31-10-8-19-18(12-31)22(30-24(13-32)9-2-3-21(24)25)29-23(28-19)27-17-6-4-16(5-7-17)20-11-26-14-34-20/h4-7,11,14,21,32H,2-3,8-10,12-13H2,1H3,(H2,27,28,29,30). The summed E-state index contributed by atoms with van der Waals surface area (Å²) >= 11 is 2.42. The maximum atomic E-state index is 12.1. The van der Waals surface area contributed by atoms with Crippen LogP contribution in [0.3, 0.4) is 0 Å². The quantitative estimate of drug-likeness (QED) is 0.300. The molecule has 1 amide bonds. The highest BCUT2D eigenvalue weighted by Gasteiger charge is 2.42. The van der Waals surface area contributed by atoms with Gasteiger partial charge in [-0.25, -0.2) is 9.97 Å². The van der Waals surface area contributed by atoms with Crippen molar-refractivity contribution in [1.29, 1.82) is 0 Å². The van der Waals surface area contributed by atoms with Gasteiger partial charge in [0.1, 0.15) is 5.82 Å². The summed E-state index contributed by atoms with van der Waals surface area (Å²) in [6, 6.07) is 7.78. The molecule has 0 bridgehead atoms. The second-order valence-corrected chi connectivity index (χ2v) is 10.4. The molecule has 10 heteroatoms.